The Morgan fingerprint density at radius 1 is 1.33 bits per heavy atom. The molecular weight excluding hydrogens is 176 g/mol. The molecule has 0 aromatic heterocycles. The Hall–Kier alpha value is 0.220. The van der Waals surface area contributed by atoms with Crippen LogP contribution in [0.2, 0.25) is 0 Å². The van der Waals surface area contributed by atoms with Crippen LogP contribution in [0.4, 0.5) is 0 Å². The Bertz CT molecular complexity index is 90.7. The zero-order valence-corrected chi connectivity index (χ0v) is 7.23. The zero-order valence-electron chi connectivity index (χ0n) is 5.65. The molecule has 1 aliphatic carbocycles. The predicted molar refractivity (Wildman–Crippen MR) is 44.6 cm³/mol. The SMILES string of the molecule is Br/C=C/CC1CCCC1. The molecule has 0 saturated heterocycles. The van der Waals surface area contributed by atoms with Crippen LogP contribution in [0.25, 0.3) is 0 Å². The second-order valence-electron chi connectivity index (χ2n) is 2.75. The van der Waals surface area contributed by atoms with E-state index >= 15 is 0 Å². The first kappa shape index (κ1) is 7.33. The molecule has 0 aliphatic heterocycles. The van der Waals surface area contributed by atoms with Gasteiger partial charge in [0.2, 0.25) is 0 Å². The predicted octanol–water partition coefficient (Wildman–Crippen LogP) is 3.48. The summed E-state index contributed by atoms with van der Waals surface area (Å²) in [7, 11) is 0. The van der Waals surface area contributed by atoms with Gasteiger partial charge in [-0.1, -0.05) is 47.7 Å². The molecule has 0 spiro atoms. The molecule has 0 heterocycles. The maximum absolute atomic E-state index is 3.28. The van der Waals surface area contributed by atoms with Crippen molar-refractivity contribution >= 4 is 15.9 Å². The normalized spacial score (nSPS) is 21.9. The summed E-state index contributed by atoms with van der Waals surface area (Å²) >= 11 is 3.28. The molecule has 0 aromatic rings. The summed E-state index contributed by atoms with van der Waals surface area (Å²) in [4.78, 5) is 1.98. The molecule has 0 amide bonds. The van der Waals surface area contributed by atoms with Crippen LogP contribution in [-0.2, 0) is 0 Å². The Kier molecular flexibility index (Phi) is 3.34. The van der Waals surface area contributed by atoms with Gasteiger partial charge < -0.3 is 0 Å². The number of allylic oxidation sites excluding steroid dienone is 1. The van der Waals surface area contributed by atoms with Crippen LogP contribution in [0.3, 0.4) is 0 Å². The largest absolute Gasteiger partial charge is 0.0773 e. The highest BCUT2D eigenvalue weighted by Gasteiger charge is 2.12. The van der Waals surface area contributed by atoms with Crippen LogP contribution in [0.15, 0.2) is 11.1 Å². The summed E-state index contributed by atoms with van der Waals surface area (Å²) in [6, 6.07) is 0. The fourth-order valence-electron chi connectivity index (χ4n) is 1.49. The standard InChI is InChI=1S/C8H13Br/c9-7-3-6-8-4-1-2-5-8/h3,7-8H,1-2,4-6H2/b7-3+. The molecule has 1 fully saturated rings. The lowest BCUT2D eigenvalue weighted by Crippen LogP contribution is -1.88. The Balaban J connectivity index is 2.11. The van der Waals surface area contributed by atoms with Crippen molar-refractivity contribution in [2.75, 3.05) is 0 Å². The summed E-state index contributed by atoms with van der Waals surface area (Å²) in [5.41, 5.74) is 0. The van der Waals surface area contributed by atoms with Gasteiger partial charge in [0.15, 0.2) is 0 Å². The van der Waals surface area contributed by atoms with E-state index in [1.807, 2.05) is 4.99 Å². The highest BCUT2D eigenvalue weighted by atomic mass is 79.9. The molecule has 0 radical (unpaired) electrons. The lowest BCUT2D eigenvalue weighted by atomic mass is 10.1. The van der Waals surface area contributed by atoms with Gasteiger partial charge in [0.1, 0.15) is 0 Å². The van der Waals surface area contributed by atoms with Crippen molar-refractivity contribution in [1.29, 1.82) is 0 Å². The molecule has 52 valence electrons. The van der Waals surface area contributed by atoms with Crippen molar-refractivity contribution in [1.82, 2.24) is 0 Å². The molecule has 0 aromatic carbocycles. The van der Waals surface area contributed by atoms with Gasteiger partial charge in [-0.05, 0) is 17.3 Å². The van der Waals surface area contributed by atoms with E-state index in [0.717, 1.165) is 5.92 Å². The number of halogens is 1. The summed E-state index contributed by atoms with van der Waals surface area (Å²) < 4.78 is 0. The minimum Gasteiger partial charge on any atom is -0.0773 e. The molecule has 0 N–H and O–H groups in total. The van der Waals surface area contributed by atoms with Crippen LogP contribution >= 0.6 is 15.9 Å². The molecule has 0 atom stereocenters. The molecule has 1 rings (SSSR count). The van der Waals surface area contributed by atoms with E-state index in [-0.39, 0.29) is 0 Å². The van der Waals surface area contributed by atoms with E-state index in [1.54, 1.807) is 0 Å². The molecule has 0 bridgehead atoms. The second kappa shape index (κ2) is 4.10. The van der Waals surface area contributed by atoms with Crippen LogP contribution in [0.1, 0.15) is 32.1 Å². The second-order valence-corrected chi connectivity index (χ2v) is 3.28. The maximum Gasteiger partial charge on any atom is -0.0229 e. The highest BCUT2D eigenvalue weighted by molar-refractivity contribution is 9.11. The minimum atomic E-state index is 0.999. The van der Waals surface area contributed by atoms with E-state index in [2.05, 4.69) is 22.0 Å². The number of hydrogen-bond donors (Lipinski definition) is 0. The highest BCUT2D eigenvalue weighted by Crippen LogP contribution is 2.27. The fourth-order valence-corrected chi connectivity index (χ4v) is 1.71. The van der Waals surface area contributed by atoms with E-state index < -0.39 is 0 Å². The molecule has 9 heavy (non-hydrogen) atoms. The molecular formula is C8H13Br. The van der Waals surface area contributed by atoms with Gasteiger partial charge in [-0.3, -0.25) is 0 Å². The van der Waals surface area contributed by atoms with Crippen molar-refractivity contribution in [3.63, 3.8) is 0 Å². The van der Waals surface area contributed by atoms with Gasteiger partial charge in [0.25, 0.3) is 0 Å². The van der Waals surface area contributed by atoms with Gasteiger partial charge in [-0.2, -0.15) is 0 Å². The maximum atomic E-state index is 3.28. The average molecular weight is 189 g/mol. The Labute approximate surface area is 65.5 Å². The first-order valence-electron chi connectivity index (χ1n) is 3.68. The lowest BCUT2D eigenvalue weighted by molar-refractivity contribution is 0.558. The summed E-state index contributed by atoms with van der Waals surface area (Å²) in [6.45, 7) is 0. The minimum absolute atomic E-state index is 0.999. The van der Waals surface area contributed by atoms with Crippen molar-refractivity contribution in [2.24, 2.45) is 5.92 Å². The third kappa shape index (κ3) is 2.53. The van der Waals surface area contributed by atoms with Crippen molar-refractivity contribution < 1.29 is 0 Å². The average Bonchev–Trinajstić information content (AvgIpc) is 2.34. The lowest BCUT2D eigenvalue weighted by Gasteiger charge is -2.01. The van der Waals surface area contributed by atoms with E-state index in [4.69, 9.17) is 0 Å². The van der Waals surface area contributed by atoms with Crippen LogP contribution in [0.5, 0.6) is 0 Å². The fraction of sp³-hybridized carbons (Fsp3) is 0.750. The van der Waals surface area contributed by atoms with E-state index in [1.165, 1.54) is 32.1 Å². The van der Waals surface area contributed by atoms with E-state index in [9.17, 15) is 0 Å². The first-order valence-corrected chi connectivity index (χ1v) is 4.60. The smallest absolute Gasteiger partial charge is 0.0229 e. The molecule has 0 nitrogen and oxygen atoms in total. The monoisotopic (exact) mass is 188 g/mol. The van der Waals surface area contributed by atoms with Crippen molar-refractivity contribution in [3.8, 4) is 0 Å². The molecule has 1 heteroatoms. The number of hydrogen-bond acceptors (Lipinski definition) is 0. The quantitative estimate of drug-likeness (QED) is 0.623. The summed E-state index contributed by atoms with van der Waals surface area (Å²) in [5.74, 6) is 0.999. The summed E-state index contributed by atoms with van der Waals surface area (Å²) in [6.07, 6.45) is 9.33. The molecule has 0 unspecified atom stereocenters. The number of rotatable bonds is 2. The molecule has 1 saturated carbocycles. The summed E-state index contributed by atoms with van der Waals surface area (Å²) in [5, 5.41) is 0. The van der Waals surface area contributed by atoms with E-state index in [0.29, 0.717) is 0 Å². The first-order chi connectivity index (χ1) is 4.43. The third-order valence-corrected chi connectivity index (χ3v) is 2.41. The van der Waals surface area contributed by atoms with Gasteiger partial charge in [-0.15, -0.1) is 0 Å². The van der Waals surface area contributed by atoms with Gasteiger partial charge in [-0.25, -0.2) is 0 Å². The molecule has 1 aliphatic rings. The topological polar surface area (TPSA) is 0 Å². The van der Waals surface area contributed by atoms with Gasteiger partial charge >= 0.3 is 0 Å². The zero-order chi connectivity index (χ0) is 6.53. The van der Waals surface area contributed by atoms with Gasteiger partial charge in [0, 0.05) is 0 Å². The van der Waals surface area contributed by atoms with Crippen LogP contribution < -0.4 is 0 Å². The van der Waals surface area contributed by atoms with Crippen molar-refractivity contribution in [2.45, 2.75) is 32.1 Å². The van der Waals surface area contributed by atoms with Crippen molar-refractivity contribution in [3.05, 3.63) is 11.1 Å². The Morgan fingerprint density at radius 2 is 2.00 bits per heavy atom. The third-order valence-electron chi connectivity index (χ3n) is 2.03. The van der Waals surface area contributed by atoms with Crippen LogP contribution in [0, 0.1) is 5.92 Å². The van der Waals surface area contributed by atoms with Crippen LogP contribution in [-0.4, -0.2) is 0 Å². The Morgan fingerprint density at radius 3 is 2.56 bits per heavy atom. The van der Waals surface area contributed by atoms with Gasteiger partial charge in [0.05, 0.1) is 0 Å².